The van der Waals surface area contributed by atoms with Crippen LogP contribution in [0.5, 0.6) is 5.75 Å². The summed E-state index contributed by atoms with van der Waals surface area (Å²) < 4.78 is 10.1. The maximum atomic E-state index is 13.0. The highest BCUT2D eigenvalue weighted by molar-refractivity contribution is 7.20. The van der Waals surface area contributed by atoms with Gasteiger partial charge in [0.05, 0.1) is 23.9 Å². The second-order valence-corrected chi connectivity index (χ2v) is 7.81. The molecule has 154 valence electrons. The first-order valence-corrected chi connectivity index (χ1v) is 10.1. The number of ether oxygens (including phenoxy) is 1. The molecule has 9 heteroatoms. The molecule has 4 aromatic rings. The summed E-state index contributed by atoms with van der Waals surface area (Å²) in [6.45, 7) is 2.87. The number of carbonyl (C=O) groups is 1. The van der Waals surface area contributed by atoms with Crippen LogP contribution in [0.3, 0.4) is 0 Å². The van der Waals surface area contributed by atoms with E-state index in [1.807, 2.05) is 31.2 Å². The zero-order chi connectivity index (χ0) is 21.1. The topological polar surface area (TPSA) is 93.4 Å². The normalized spacial score (nSPS) is 10.9. The molecule has 0 aliphatic rings. The smallest absolute Gasteiger partial charge is 0.264 e. The Morgan fingerprint density at radius 1 is 1.30 bits per heavy atom. The van der Waals surface area contributed by atoms with Crippen molar-refractivity contribution >= 4 is 33.3 Å². The van der Waals surface area contributed by atoms with Gasteiger partial charge >= 0.3 is 0 Å². The first kappa shape index (κ1) is 19.8. The number of benzene rings is 1. The average molecular weight is 423 g/mol. The minimum atomic E-state index is -0.0859. The first-order valence-electron chi connectivity index (χ1n) is 9.32. The number of amides is 1. The van der Waals surface area contributed by atoms with Crippen molar-refractivity contribution in [3.63, 3.8) is 0 Å². The van der Waals surface area contributed by atoms with E-state index in [1.165, 1.54) is 23.9 Å². The number of nitrogens with one attached hydrogen (secondary N) is 1. The lowest BCUT2D eigenvalue weighted by Crippen LogP contribution is -2.26. The highest BCUT2D eigenvalue weighted by Crippen LogP contribution is 2.34. The Bertz CT molecular complexity index is 1170. The summed E-state index contributed by atoms with van der Waals surface area (Å²) in [5.41, 5.74) is 2.63. The third-order valence-electron chi connectivity index (χ3n) is 4.75. The fourth-order valence-electron chi connectivity index (χ4n) is 3.19. The molecule has 0 aliphatic heterocycles. The van der Waals surface area contributed by atoms with Crippen LogP contribution < -0.4 is 10.1 Å². The van der Waals surface area contributed by atoms with Gasteiger partial charge in [-0.25, -0.2) is 9.97 Å². The molecule has 0 unspecified atom stereocenters. The van der Waals surface area contributed by atoms with Crippen molar-refractivity contribution in [2.45, 2.75) is 20.0 Å². The Morgan fingerprint density at radius 2 is 2.17 bits per heavy atom. The van der Waals surface area contributed by atoms with E-state index < -0.39 is 0 Å². The van der Waals surface area contributed by atoms with Crippen LogP contribution in [0.15, 0.2) is 47.4 Å². The molecule has 0 saturated carbocycles. The van der Waals surface area contributed by atoms with Crippen molar-refractivity contribution in [2.24, 2.45) is 0 Å². The number of hydrogen-bond acceptors (Lipinski definition) is 8. The average Bonchev–Trinajstić information content (AvgIpc) is 3.40. The predicted molar refractivity (Wildman–Crippen MR) is 115 cm³/mol. The molecule has 1 amide bonds. The summed E-state index contributed by atoms with van der Waals surface area (Å²) in [5.74, 6) is 1.42. The zero-order valence-corrected chi connectivity index (χ0v) is 17.7. The number of thiophene rings is 1. The molecule has 3 aromatic heterocycles. The lowest BCUT2D eigenvalue weighted by atomic mass is 10.1. The molecule has 0 aliphatic carbocycles. The summed E-state index contributed by atoms with van der Waals surface area (Å²) in [4.78, 5) is 24.8. The summed E-state index contributed by atoms with van der Waals surface area (Å²) >= 11 is 1.37. The number of hydrogen-bond donors (Lipinski definition) is 1. The molecule has 0 fully saturated rings. The van der Waals surface area contributed by atoms with Gasteiger partial charge in [-0.15, -0.1) is 11.3 Å². The quantitative estimate of drug-likeness (QED) is 0.482. The number of aryl methyl sites for hydroxylation is 1. The second kappa shape index (κ2) is 8.50. The van der Waals surface area contributed by atoms with Gasteiger partial charge in [0.2, 0.25) is 0 Å². The molecule has 30 heavy (non-hydrogen) atoms. The maximum absolute atomic E-state index is 13.0. The summed E-state index contributed by atoms with van der Waals surface area (Å²) in [6, 6.07) is 9.58. The number of anilines is 1. The second-order valence-electron chi connectivity index (χ2n) is 6.82. The lowest BCUT2D eigenvalue weighted by Gasteiger charge is -2.15. The molecular formula is C21H21N5O3S. The zero-order valence-electron chi connectivity index (χ0n) is 16.9. The van der Waals surface area contributed by atoms with Gasteiger partial charge in [-0.3, -0.25) is 4.79 Å². The molecule has 0 spiro atoms. The molecule has 0 atom stereocenters. The van der Waals surface area contributed by atoms with Gasteiger partial charge in [0.25, 0.3) is 5.91 Å². The van der Waals surface area contributed by atoms with Crippen LogP contribution in [0.4, 0.5) is 5.82 Å². The van der Waals surface area contributed by atoms with Crippen molar-refractivity contribution in [1.82, 2.24) is 20.0 Å². The van der Waals surface area contributed by atoms with Crippen LogP contribution in [-0.4, -0.2) is 40.1 Å². The summed E-state index contributed by atoms with van der Waals surface area (Å²) in [5, 5.41) is 8.10. The molecule has 4 rings (SSSR count). The summed E-state index contributed by atoms with van der Waals surface area (Å²) in [7, 11) is 3.39. The van der Waals surface area contributed by atoms with Crippen LogP contribution in [0.25, 0.3) is 10.2 Å². The van der Waals surface area contributed by atoms with E-state index >= 15 is 0 Å². The Kier molecular flexibility index (Phi) is 5.62. The fourth-order valence-corrected chi connectivity index (χ4v) is 4.33. The SMILES string of the molecule is COc1cccc(CNc2ncnc3sc(C(=O)N(C)Cc4ccon4)c(C)c23)c1. The minimum absolute atomic E-state index is 0.0859. The van der Waals surface area contributed by atoms with Crippen molar-refractivity contribution in [3.05, 3.63) is 64.6 Å². The lowest BCUT2D eigenvalue weighted by molar-refractivity contribution is 0.0786. The molecular weight excluding hydrogens is 402 g/mol. The number of aromatic nitrogens is 3. The fraction of sp³-hybridized carbons (Fsp3) is 0.238. The Hall–Kier alpha value is -3.46. The van der Waals surface area contributed by atoms with Gasteiger partial charge in [-0.2, -0.15) is 0 Å². The van der Waals surface area contributed by atoms with E-state index in [2.05, 4.69) is 20.4 Å². The highest BCUT2D eigenvalue weighted by atomic mass is 32.1. The summed E-state index contributed by atoms with van der Waals surface area (Å²) in [6.07, 6.45) is 3.01. The van der Waals surface area contributed by atoms with Crippen molar-refractivity contribution in [2.75, 3.05) is 19.5 Å². The first-order chi connectivity index (χ1) is 14.6. The van der Waals surface area contributed by atoms with Crippen molar-refractivity contribution < 1.29 is 14.1 Å². The molecule has 8 nitrogen and oxygen atoms in total. The molecule has 1 aromatic carbocycles. The molecule has 0 radical (unpaired) electrons. The molecule has 1 N–H and O–H groups in total. The number of fused-ring (bicyclic) bond motifs is 1. The van der Waals surface area contributed by atoms with E-state index in [1.54, 1.807) is 25.1 Å². The minimum Gasteiger partial charge on any atom is -0.497 e. The molecule has 0 saturated heterocycles. The van der Waals surface area contributed by atoms with Gasteiger partial charge < -0.3 is 19.5 Å². The van der Waals surface area contributed by atoms with Crippen LogP contribution in [-0.2, 0) is 13.1 Å². The van der Waals surface area contributed by atoms with Crippen molar-refractivity contribution in [1.29, 1.82) is 0 Å². The standard InChI is InChI=1S/C21H21N5O3S/c1-13-17-19(22-10-14-5-4-6-16(9-14)28-3)23-12-24-20(17)30-18(13)21(27)26(2)11-15-7-8-29-25-15/h4-9,12H,10-11H2,1-3H3,(H,22,23,24). The monoisotopic (exact) mass is 423 g/mol. The Labute approximate surface area is 177 Å². The Morgan fingerprint density at radius 3 is 2.93 bits per heavy atom. The third-order valence-corrected chi connectivity index (χ3v) is 5.94. The number of rotatable bonds is 7. The van der Waals surface area contributed by atoms with Gasteiger partial charge in [0, 0.05) is 19.7 Å². The number of carbonyl (C=O) groups excluding carboxylic acids is 1. The van der Waals surface area contributed by atoms with Crippen LogP contribution in [0, 0.1) is 6.92 Å². The number of methoxy groups -OCH3 is 1. The van der Waals surface area contributed by atoms with E-state index in [4.69, 9.17) is 9.26 Å². The van der Waals surface area contributed by atoms with Gasteiger partial charge in [-0.05, 0) is 30.2 Å². The van der Waals surface area contributed by atoms with Crippen LogP contribution in [0.2, 0.25) is 0 Å². The van der Waals surface area contributed by atoms with E-state index in [9.17, 15) is 4.79 Å². The molecule has 3 heterocycles. The largest absolute Gasteiger partial charge is 0.497 e. The van der Waals surface area contributed by atoms with Gasteiger partial charge in [0.1, 0.15) is 34.7 Å². The Balaban J connectivity index is 1.58. The van der Waals surface area contributed by atoms with Crippen molar-refractivity contribution in [3.8, 4) is 5.75 Å². The van der Waals surface area contributed by atoms with Crippen LogP contribution in [0.1, 0.15) is 26.5 Å². The van der Waals surface area contributed by atoms with E-state index in [0.717, 1.165) is 27.1 Å². The van der Waals surface area contributed by atoms with E-state index in [-0.39, 0.29) is 5.91 Å². The van der Waals surface area contributed by atoms with Gasteiger partial charge in [-0.1, -0.05) is 17.3 Å². The highest BCUT2D eigenvalue weighted by Gasteiger charge is 2.22. The molecule has 0 bridgehead atoms. The third kappa shape index (κ3) is 3.97. The van der Waals surface area contributed by atoms with Gasteiger partial charge in [0.15, 0.2) is 0 Å². The van der Waals surface area contributed by atoms with E-state index in [0.29, 0.717) is 29.5 Å². The predicted octanol–water partition coefficient (Wildman–Crippen LogP) is 3.88. The number of nitrogens with zero attached hydrogens (tertiary/aromatic N) is 4. The van der Waals surface area contributed by atoms with Crippen LogP contribution >= 0.6 is 11.3 Å². The maximum Gasteiger partial charge on any atom is 0.264 e.